The molecule has 0 radical (unpaired) electrons. The van der Waals surface area contributed by atoms with Crippen molar-refractivity contribution >= 4 is 48.7 Å². The fraction of sp³-hybridized carbons (Fsp3) is 0.556. The zero-order valence-corrected chi connectivity index (χ0v) is 27.4. The third-order valence-corrected chi connectivity index (χ3v) is 20.3. The van der Waals surface area contributed by atoms with Crippen LogP contribution >= 0.6 is 23.5 Å². The Labute approximate surface area is 220 Å². The molecule has 2 aromatic rings. The van der Waals surface area contributed by atoms with Gasteiger partial charge < -0.3 is 42.2 Å². The summed E-state index contributed by atoms with van der Waals surface area (Å²) in [5.41, 5.74) is 0. The summed E-state index contributed by atoms with van der Waals surface area (Å²) in [4.78, 5) is 8.93. The van der Waals surface area contributed by atoms with Crippen molar-refractivity contribution < 1.29 is 51.3 Å². The SMILES string of the molecule is C[n+]1cccnc1SC[Si](C)(C)O[Si](C)(C)O[Si](C)(C)CSc1nccc[n+]1C.[Br-].[Br-]. The number of hydrogen-bond acceptors (Lipinski definition) is 6. The summed E-state index contributed by atoms with van der Waals surface area (Å²) < 4.78 is 17.5. The largest absolute Gasteiger partial charge is 1.00 e. The fourth-order valence-electron chi connectivity index (χ4n) is 3.02. The maximum Gasteiger partial charge on any atom is 0.358 e. The lowest BCUT2D eigenvalue weighted by atomic mass is 10.7. The Morgan fingerprint density at radius 1 is 0.742 bits per heavy atom. The fourth-order valence-corrected chi connectivity index (χ4v) is 20.4. The summed E-state index contributed by atoms with van der Waals surface area (Å²) in [7, 11) is -1.97. The topological polar surface area (TPSA) is 52.0 Å². The highest BCUT2D eigenvalue weighted by atomic mass is 79.9. The van der Waals surface area contributed by atoms with Gasteiger partial charge in [-0.25, -0.2) is 9.13 Å². The van der Waals surface area contributed by atoms with Gasteiger partial charge in [0.1, 0.15) is 12.4 Å². The second kappa shape index (κ2) is 13.3. The maximum atomic E-state index is 6.70. The van der Waals surface area contributed by atoms with Crippen LogP contribution in [0.1, 0.15) is 0 Å². The van der Waals surface area contributed by atoms with Gasteiger partial charge in [-0.05, 0) is 72.8 Å². The number of aromatic nitrogens is 4. The molecule has 0 fully saturated rings. The van der Waals surface area contributed by atoms with E-state index >= 15 is 0 Å². The number of hydrogen-bond donors (Lipinski definition) is 0. The Bertz CT molecular complexity index is 770. The molecule has 13 heteroatoms. The molecule has 0 saturated carbocycles. The highest BCUT2D eigenvalue weighted by Gasteiger charge is 2.40. The molecule has 2 aromatic heterocycles. The van der Waals surface area contributed by atoms with Gasteiger partial charge in [0.15, 0.2) is 16.6 Å². The van der Waals surface area contributed by atoms with Crippen LogP contribution in [0.4, 0.5) is 0 Å². The highest BCUT2D eigenvalue weighted by molar-refractivity contribution is 8.00. The Morgan fingerprint density at radius 3 is 1.42 bits per heavy atom. The molecule has 0 aromatic carbocycles. The van der Waals surface area contributed by atoms with Crippen LogP contribution in [0.25, 0.3) is 0 Å². The summed E-state index contributed by atoms with van der Waals surface area (Å²) in [6.07, 6.45) is 7.74. The molecule has 0 unspecified atom stereocenters. The normalized spacial score (nSPS) is 12.1. The van der Waals surface area contributed by atoms with Crippen LogP contribution in [-0.2, 0) is 22.3 Å². The number of nitrogens with zero attached hydrogens (tertiary/aromatic N) is 4. The average Bonchev–Trinajstić information content (AvgIpc) is 2.58. The van der Waals surface area contributed by atoms with E-state index in [0.717, 1.165) is 21.1 Å². The standard InChI is InChI=1S/C18H34N4O2S2Si3.2BrH/c1-21-13-9-11-19-17(21)25-15-27(3,4)23-29(7,8)24-28(5,6)16-26-18-20-12-10-14-22(18)2;;/h9-14H,15-16H2,1-8H3;2*1H/q+2;;/p-2. The molecule has 0 aliphatic heterocycles. The van der Waals surface area contributed by atoms with E-state index in [-0.39, 0.29) is 34.0 Å². The molecule has 0 bridgehead atoms. The molecule has 31 heavy (non-hydrogen) atoms. The first-order chi connectivity index (χ1) is 13.4. The number of thioether (sulfide) groups is 2. The lowest BCUT2D eigenvalue weighted by molar-refractivity contribution is -0.713. The van der Waals surface area contributed by atoms with Gasteiger partial charge in [-0.3, -0.25) is 0 Å². The van der Waals surface area contributed by atoms with Gasteiger partial charge in [-0.2, -0.15) is 0 Å². The molecule has 0 saturated heterocycles. The van der Waals surface area contributed by atoms with Gasteiger partial charge >= 0.3 is 18.9 Å². The predicted octanol–water partition coefficient (Wildman–Crippen LogP) is -2.76. The van der Waals surface area contributed by atoms with E-state index < -0.39 is 25.2 Å². The first-order valence-electron chi connectivity index (χ1n) is 9.66. The van der Waals surface area contributed by atoms with Crippen molar-refractivity contribution in [2.45, 2.75) is 49.6 Å². The molecule has 2 heterocycles. The number of aryl methyl sites for hydroxylation is 2. The molecule has 0 N–H and O–H groups in total. The highest BCUT2D eigenvalue weighted by Crippen LogP contribution is 2.26. The van der Waals surface area contributed by atoms with Crippen molar-refractivity contribution in [2.24, 2.45) is 14.1 Å². The zero-order valence-electron chi connectivity index (χ0n) is 19.6. The van der Waals surface area contributed by atoms with Crippen molar-refractivity contribution in [3.8, 4) is 0 Å². The molecular formula is C18H34Br2N4O2S2Si3. The lowest BCUT2D eigenvalue weighted by Gasteiger charge is -2.38. The Kier molecular flexibility index (Phi) is 13.5. The molecule has 2 rings (SSSR count). The molecular weight excluding hydrogens is 612 g/mol. The van der Waals surface area contributed by atoms with E-state index in [2.05, 4.69) is 58.4 Å². The smallest absolute Gasteiger partial charge is 0.358 e. The minimum absolute atomic E-state index is 0. The van der Waals surface area contributed by atoms with Crippen molar-refractivity contribution in [1.29, 1.82) is 0 Å². The molecule has 0 aliphatic carbocycles. The van der Waals surface area contributed by atoms with Crippen molar-refractivity contribution in [1.82, 2.24) is 9.97 Å². The van der Waals surface area contributed by atoms with Crippen LogP contribution in [0, 0.1) is 0 Å². The van der Waals surface area contributed by atoms with Gasteiger partial charge in [0.05, 0.1) is 26.5 Å². The van der Waals surface area contributed by atoms with Crippen LogP contribution in [-0.4, -0.2) is 45.9 Å². The van der Waals surface area contributed by atoms with E-state index in [9.17, 15) is 0 Å². The molecule has 0 amide bonds. The second-order valence-corrected chi connectivity index (χ2v) is 23.8. The van der Waals surface area contributed by atoms with Crippen molar-refractivity contribution in [2.75, 3.05) is 10.8 Å². The summed E-state index contributed by atoms with van der Waals surface area (Å²) >= 11 is 3.55. The zero-order chi connectivity index (χ0) is 21.7. The van der Waals surface area contributed by atoms with Crippen LogP contribution < -0.4 is 43.1 Å². The first kappa shape index (κ1) is 31.4. The molecule has 0 spiro atoms. The summed E-state index contributed by atoms with van der Waals surface area (Å²) in [5, 5.41) is 3.95. The second-order valence-electron chi connectivity index (χ2n) is 8.73. The number of halogens is 2. The minimum Gasteiger partial charge on any atom is -1.00 e. The van der Waals surface area contributed by atoms with Crippen molar-refractivity contribution in [3.05, 3.63) is 36.9 Å². The van der Waals surface area contributed by atoms with Gasteiger partial charge in [0.2, 0.25) is 0 Å². The third-order valence-electron chi connectivity index (χ3n) is 3.91. The Balaban J connectivity index is 0.00000450. The van der Waals surface area contributed by atoms with Crippen LogP contribution in [0.15, 0.2) is 47.2 Å². The third kappa shape index (κ3) is 11.4. The molecule has 176 valence electrons. The van der Waals surface area contributed by atoms with Gasteiger partial charge in [-0.15, -0.1) is 0 Å². The minimum atomic E-state index is -2.24. The van der Waals surface area contributed by atoms with Crippen LogP contribution in [0.2, 0.25) is 39.3 Å². The van der Waals surface area contributed by atoms with Gasteiger partial charge in [0, 0.05) is 22.9 Å². The first-order valence-corrected chi connectivity index (χ1v) is 20.7. The quantitative estimate of drug-likeness (QED) is 0.121. The van der Waals surface area contributed by atoms with Crippen LogP contribution in [0.3, 0.4) is 0 Å². The van der Waals surface area contributed by atoms with E-state index in [1.165, 1.54) is 0 Å². The summed E-state index contributed by atoms with van der Waals surface area (Å²) in [6.45, 7) is 13.5. The van der Waals surface area contributed by atoms with Gasteiger partial charge in [-0.1, -0.05) is 0 Å². The number of rotatable bonds is 10. The van der Waals surface area contributed by atoms with Crippen molar-refractivity contribution in [3.63, 3.8) is 0 Å². The van der Waals surface area contributed by atoms with Crippen LogP contribution in [0.5, 0.6) is 0 Å². The summed E-state index contributed by atoms with van der Waals surface area (Å²) in [6, 6.07) is 3.89. The maximum absolute atomic E-state index is 6.70. The van der Waals surface area contributed by atoms with E-state index in [1.54, 1.807) is 23.5 Å². The monoisotopic (exact) mass is 644 g/mol. The van der Waals surface area contributed by atoms with E-state index in [0.29, 0.717) is 0 Å². The molecule has 0 atom stereocenters. The van der Waals surface area contributed by atoms with E-state index in [1.807, 2.05) is 51.0 Å². The Morgan fingerprint density at radius 2 is 1.10 bits per heavy atom. The molecule has 6 nitrogen and oxygen atoms in total. The van der Waals surface area contributed by atoms with E-state index in [4.69, 9.17) is 8.23 Å². The average molecular weight is 647 g/mol. The lowest BCUT2D eigenvalue weighted by Crippen LogP contribution is -3.00. The summed E-state index contributed by atoms with van der Waals surface area (Å²) in [5.74, 6) is 0. The predicted molar refractivity (Wildman–Crippen MR) is 127 cm³/mol. The molecule has 0 aliphatic rings. The Hall–Kier alpha value is 0.391. The van der Waals surface area contributed by atoms with Gasteiger partial charge in [0.25, 0.3) is 0 Å².